The van der Waals surface area contributed by atoms with Gasteiger partial charge in [-0.25, -0.2) is 14.5 Å². The molecule has 2 amide bonds. The van der Waals surface area contributed by atoms with Gasteiger partial charge in [-0.1, -0.05) is 6.42 Å². The summed E-state index contributed by atoms with van der Waals surface area (Å²) in [7, 11) is 0. The van der Waals surface area contributed by atoms with Gasteiger partial charge in [0.2, 0.25) is 0 Å². The average molecular weight is 295 g/mol. The van der Waals surface area contributed by atoms with E-state index >= 15 is 0 Å². The predicted molar refractivity (Wildman–Crippen MR) is 74.4 cm³/mol. The lowest BCUT2D eigenvalue weighted by Gasteiger charge is -2.26. The number of ether oxygens (including phenoxy) is 2. The largest absolute Gasteiger partial charge is 0.457 e. The molecule has 0 spiro atoms. The van der Waals surface area contributed by atoms with Crippen LogP contribution in [-0.2, 0) is 19.1 Å². The minimum Gasteiger partial charge on any atom is -0.457 e. The van der Waals surface area contributed by atoms with E-state index in [4.69, 9.17) is 9.47 Å². The number of amides is 2. The van der Waals surface area contributed by atoms with Crippen molar-refractivity contribution in [2.24, 2.45) is 0 Å². The van der Waals surface area contributed by atoms with Crippen molar-refractivity contribution in [2.75, 3.05) is 0 Å². The molecule has 2 aliphatic rings. The summed E-state index contributed by atoms with van der Waals surface area (Å²) >= 11 is 0. The molecule has 6 heteroatoms. The second-order valence-corrected chi connectivity index (χ2v) is 6.35. The molecule has 1 saturated heterocycles. The Bertz CT molecular complexity index is 477. The van der Waals surface area contributed by atoms with E-state index in [1.54, 1.807) is 20.8 Å². The van der Waals surface area contributed by atoms with Gasteiger partial charge in [-0.05, 0) is 40.0 Å². The Morgan fingerprint density at radius 3 is 2.57 bits per heavy atom. The Kier molecular flexibility index (Phi) is 4.34. The average Bonchev–Trinajstić information content (AvgIpc) is 2.70. The van der Waals surface area contributed by atoms with Crippen molar-refractivity contribution in [2.45, 2.75) is 64.2 Å². The summed E-state index contributed by atoms with van der Waals surface area (Å²) in [4.78, 5) is 36.6. The fraction of sp³-hybridized carbons (Fsp3) is 0.667. The molecule has 116 valence electrons. The lowest BCUT2D eigenvalue weighted by atomic mass is 9.92. The van der Waals surface area contributed by atoms with Crippen molar-refractivity contribution in [1.82, 2.24) is 4.90 Å². The van der Waals surface area contributed by atoms with Crippen molar-refractivity contribution in [1.29, 1.82) is 0 Å². The van der Waals surface area contributed by atoms with Crippen LogP contribution < -0.4 is 0 Å². The molecule has 1 aliphatic heterocycles. The second kappa shape index (κ2) is 5.87. The van der Waals surface area contributed by atoms with Crippen LogP contribution in [0.3, 0.4) is 0 Å². The first-order chi connectivity index (χ1) is 9.78. The zero-order chi connectivity index (χ0) is 15.6. The minimum absolute atomic E-state index is 0.204. The van der Waals surface area contributed by atoms with Crippen molar-refractivity contribution in [3.05, 3.63) is 12.2 Å². The topological polar surface area (TPSA) is 72.9 Å². The molecular formula is C15H21NO5. The number of imide groups is 1. The SMILES string of the molecule is CC(C)(C)OC(=O)/C=C/C(=O)N1C(=O)O[C@H]2CCCC[C@@H]21. The predicted octanol–water partition coefficient (Wildman–Crippen LogP) is 2.17. The van der Waals surface area contributed by atoms with Crippen LogP contribution in [0, 0.1) is 0 Å². The Morgan fingerprint density at radius 1 is 1.24 bits per heavy atom. The highest BCUT2D eigenvalue weighted by molar-refractivity contribution is 6.02. The highest BCUT2D eigenvalue weighted by atomic mass is 16.6. The summed E-state index contributed by atoms with van der Waals surface area (Å²) in [5.74, 6) is -1.14. The van der Waals surface area contributed by atoms with E-state index in [0.717, 1.165) is 42.7 Å². The number of carbonyl (C=O) groups is 3. The molecule has 2 fully saturated rings. The molecule has 0 radical (unpaired) electrons. The maximum atomic E-state index is 12.1. The number of carbonyl (C=O) groups excluding carboxylic acids is 3. The van der Waals surface area contributed by atoms with Gasteiger partial charge in [0, 0.05) is 12.2 Å². The molecule has 2 atom stereocenters. The molecular weight excluding hydrogens is 274 g/mol. The number of rotatable bonds is 2. The normalized spacial score (nSPS) is 25.7. The van der Waals surface area contributed by atoms with Gasteiger partial charge >= 0.3 is 12.1 Å². The highest BCUT2D eigenvalue weighted by Crippen LogP contribution is 2.31. The van der Waals surface area contributed by atoms with Crippen molar-refractivity contribution >= 4 is 18.0 Å². The van der Waals surface area contributed by atoms with Gasteiger partial charge in [0.15, 0.2) is 0 Å². The zero-order valence-corrected chi connectivity index (χ0v) is 12.6. The molecule has 1 aliphatic carbocycles. The first-order valence-corrected chi connectivity index (χ1v) is 7.23. The maximum absolute atomic E-state index is 12.1. The Hall–Kier alpha value is -1.85. The first kappa shape index (κ1) is 15.5. The van der Waals surface area contributed by atoms with Crippen LogP contribution in [0.15, 0.2) is 12.2 Å². The fourth-order valence-corrected chi connectivity index (χ4v) is 2.64. The lowest BCUT2D eigenvalue weighted by Crippen LogP contribution is -2.41. The summed E-state index contributed by atoms with van der Waals surface area (Å²) < 4.78 is 10.3. The van der Waals surface area contributed by atoms with Crippen LogP contribution >= 0.6 is 0 Å². The third kappa shape index (κ3) is 3.83. The highest BCUT2D eigenvalue weighted by Gasteiger charge is 2.45. The van der Waals surface area contributed by atoms with Gasteiger partial charge in [0.05, 0.1) is 6.04 Å². The Morgan fingerprint density at radius 2 is 1.90 bits per heavy atom. The lowest BCUT2D eigenvalue weighted by molar-refractivity contribution is -0.148. The zero-order valence-electron chi connectivity index (χ0n) is 12.6. The van der Waals surface area contributed by atoms with Crippen LogP contribution in [0.2, 0.25) is 0 Å². The number of hydrogen-bond donors (Lipinski definition) is 0. The third-order valence-corrected chi connectivity index (χ3v) is 3.45. The smallest absolute Gasteiger partial charge is 0.417 e. The molecule has 0 aromatic heterocycles. The maximum Gasteiger partial charge on any atom is 0.417 e. The molecule has 6 nitrogen and oxygen atoms in total. The molecule has 0 bridgehead atoms. The van der Waals surface area contributed by atoms with Crippen LogP contribution in [-0.4, -0.2) is 40.6 Å². The van der Waals surface area contributed by atoms with E-state index < -0.39 is 23.6 Å². The van der Waals surface area contributed by atoms with Gasteiger partial charge in [-0.3, -0.25) is 4.79 Å². The molecule has 0 aromatic carbocycles. The number of nitrogens with zero attached hydrogens (tertiary/aromatic N) is 1. The van der Waals surface area contributed by atoms with Crippen LogP contribution in [0.25, 0.3) is 0 Å². The third-order valence-electron chi connectivity index (χ3n) is 3.45. The molecule has 0 aromatic rings. The van der Waals surface area contributed by atoms with E-state index in [2.05, 4.69) is 0 Å². The van der Waals surface area contributed by atoms with E-state index in [9.17, 15) is 14.4 Å². The number of fused-ring (bicyclic) bond motifs is 1. The van der Waals surface area contributed by atoms with Crippen LogP contribution in [0.4, 0.5) is 4.79 Å². The van der Waals surface area contributed by atoms with Gasteiger partial charge in [0.1, 0.15) is 11.7 Å². The molecule has 1 heterocycles. The fourth-order valence-electron chi connectivity index (χ4n) is 2.64. The summed E-state index contributed by atoms with van der Waals surface area (Å²) in [6.45, 7) is 5.22. The number of hydrogen-bond acceptors (Lipinski definition) is 5. The summed E-state index contributed by atoms with van der Waals surface area (Å²) in [5, 5.41) is 0. The Balaban J connectivity index is 1.99. The van der Waals surface area contributed by atoms with Crippen molar-refractivity contribution < 1.29 is 23.9 Å². The standard InChI is InChI=1S/C15H21NO5/c1-15(2,3)21-13(18)9-8-12(17)16-10-6-4-5-7-11(10)20-14(16)19/h8-11H,4-7H2,1-3H3/b9-8+/t10-,11-/m0/s1. The van der Waals surface area contributed by atoms with Crippen LogP contribution in [0.5, 0.6) is 0 Å². The van der Waals surface area contributed by atoms with E-state index in [1.807, 2.05) is 0 Å². The first-order valence-electron chi connectivity index (χ1n) is 7.23. The number of esters is 1. The minimum atomic E-state index is -0.620. The summed E-state index contributed by atoms with van der Waals surface area (Å²) in [5.41, 5.74) is -0.620. The van der Waals surface area contributed by atoms with Crippen molar-refractivity contribution in [3.8, 4) is 0 Å². The molecule has 2 rings (SSSR count). The van der Waals surface area contributed by atoms with E-state index in [0.29, 0.717) is 0 Å². The quantitative estimate of drug-likeness (QED) is 0.576. The molecule has 0 unspecified atom stereocenters. The van der Waals surface area contributed by atoms with Crippen LogP contribution in [0.1, 0.15) is 46.5 Å². The van der Waals surface area contributed by atoms with Gasteiger partial charge < -0.3 is 9.47 Å². The second-order valence-electron chi connectivity index (χ2n) is 6.35. The van der Waals surface area contributed by atoms with E-state index in [1.165, 1.54) is 0 Å². The summed E-state index contributed by atoms with van der Waals surface area (Å²) in [6, 6.07) is -0.206. The van der Waals surface area contributed by atoms with Crippen molar-refractivity contribution in [3.63, 3.8) is 0 Å². The monoisotopic (exact) mass is 295 g/mol. The molecule has 0 N–H and O–H groups in total. The van der Waals surface area contributed by atoms with Gasteiger partial charge in [-0.15, -0.1) is 0 Å². The van der Waals surface area contributed by atoms with E-state index in [-0.39, 0.29) is 12.1 Å². The summed E-state index contributed by atoms with van der Waals surface area (Å²) in [6.07, 6.45) is 4.82. The molecule has 1 saturated carbocycles. The Labute approximate surface area is 124 Å². The molecule has 21 heavy (non-hydrogen) atoms. The van der Waals surface area contributed by atoms with Gasteiger partial charge in [0.25, 0.3) is 5.91 Å². The van der Waals surface area contributed by atoms with Gasteiger partial charge in [-0.2, -0.15) is 0 Å².